The largest absolute Gasteiger partial charge is 0.394 e. The van der Waals surface area contributed by atoms with Crippen LogP contribution in [0.4, 0.5) is 5.95 Å². The number of nitrogens with two attached hydrogens (primary N) is 1. The summed E-state index contributed by atoms with van der Waals surface area (Å²) >= 11 is 0. The molecule has 2 aromatic heterocycles. The molecular formula is C11H15N5O8. The summed E-state index contributed by atoms with van der Waals surface area (Å²) in [5.74, 6) is -3.30. The van der Waals surface area contributed by atoms with Gasteiger partial charge in [-0.25, -0.2) is 9.36 Å². The Labute approximate surface area is 131 Å². The lowest BCUT2D eigenvalue weighted by atomic mass is 9.96. The smallest absolute Gasteiger partial charge is 0.332 e. The fourth-order valence-electron chi connectivity index (χ4n) is 2.63. The molecule has 24 heavy (non-hydrogen) atoms. The summed E-state index contributed by atoms with van der Waals surface area (Å²) in [4.78, 5) is 31.9. The molecule has 1 saturated heterocycles. The van der Waals surface area contributed by atoms with Crippen molar-refractivity contribution in [1.82, 2.24) is 19.5 Å². The molecular weight excluding hydrogens is 330 g/mol. The van der Waals surface area contributed by atoms with Crippen LogP contribution in [0.2, 0.25) is 0 Å². The average Bonchev–Trinajstić information content (AvgIpc) is 2.86. The monoisotopic (exact) mass is 345 g/mol. The minimum Gasteiger partial charge on any atom is -0.394 e. The molecule has 1 aliphatic heterocycles. The maximum atomic E-state index is 12.2. The van der Waals surface area contributed by atoms with Gasteiger partial charge in [-0.05, 0) is 0 Å². The Kier molecular flexibility index (Phi) is 3.71. The number of aromatic amines is 2. The summed E-state index contributed by atoms with van der Waals surface area (Å²) in [5.41, 5.74) is 2.67. The van der Waals surface area contributed by atoms with Crippen LogP contribution in [0.15, 0.2) is 9.59 Å². The minimum atomic E-state index is -2.92. The molecule has 0 amide bonds. The molecule has 13 nitrogen and oxygen atoms in total. The van der Waals surface area contributed by atoms with E-state index in [2.05, 4.69) is 15.0 Å². The quantitative estimate of drug-likeness (QED) is 0.259. The first-order chi connectivity index (χ1) is 11.2. The second kappa shape index (κ2) is 5.37. The molecule has 0 bridgehead atoms. The first kappa shape index (κ1) is 16.6. The molecule has 1 fully saturated rings. The minimum absolute atomic E-state index is 0.361. The SMILES string of the molecule is Nc1nc2c([nH]c(=O)n2[C@]2(O)O[C@H](CO)[C@@H](O)[C@H](O)[C@H]2O)c(=O)[nH]1. The average molecular weight is 345 g/mol. The van der Waals surface area contributed by atoms with E-state index in [1.807, 2.05) is 0 Å². The van der Waals surface area contributed by atoms with Gasteiger partial charge in [0.15, 0.2) is 17.3 Å². The number of H-pyrrole nitrogens is 2. The lowest BCUT2D eigenvalue weighted by Crippen LogP contribution is -2.67. The molecule has 0 spiro atoms. The van der Waals surface area contributed by atoms with E-state index in [-0.39, 0.29) is 11.5 Å². The maximum absolute atomic E-state index is 12.2. The number of hydrogen-bond donors (Lipinski definition) is 8. The number of aliphatic hydroxyl groups excluding tert-OH is 4. The van der Waals surface area contributed by atoms with Crippen molar-refractivity contribution in [3.63, 3.8) is 0 Å². The highest BCUT2D eigenvalue weighted by molar-refractivity contribution is 5.70. The summed E-state index contributed by atoms with van der Waals surface area (Å²) in [7, 11) is 0. The lowest BCUT2D eigenvalue weighted by Gasteiger charge is -2.45. The molecule has 13 heteroatoms. The van der Waals surface area contributed by atoms with Crippen LogP contribution < -0.4 is 17.0 Å². The van der Waals surface area contributed by atoms with Crippen LogP contribution in [0.3, 0.4) is 0 Å². The van der Waals surface area contributed by atoms with Crippen molar-refractivity contribution in [3.05, 3.63) is 20.8 Å². The van der Waals surface area contributed by atoms with E-state index in [1.54, 1.807) is 0 Å². The van der Waals surface area contributed by atoms with Crippen LogP contribution >= 0.6 is 0 Å². The highest BCUT2D eigenvalue weighted by Gasteiger charge is 2.55. The highest BCUT2D eigenvalue weighted by atomic mass is 16.7. The second-order valence-electron chi connectivity index (χ2n) is 5.34. The number of rotatable bonds is 2. The van der Waals surface area contributed by atoms with Crippen molar-refractivity contribution >= 4 is 17.1 Å². The van der Waals surface area contributed by atoms with E-state index in [9.17, 15) is 35.1 Å². The summed E-state index contributed by atoms with van der Waals surface area (Å²) in [5, 5.41) is 49.5. The van der Waals surface area contributed by atoms with Gasteiger partial charge in [0.1, 0.15) is 18.3 Å². The molecule has 9 N–H and O–H groups in total. The number of nitrogens with one attached hydrogen (secondary N) is 2. The number of aromatic nitrogens is 4. The molecule has 0 unspecified atom stereocenters. The van der Waals surface area contributed by atoms with Crippen molar-refractivity contribution in [3.8, 4) is 0 Å². The Morgan fingerprint density at radius 2 is 1.92 bits per heavy atom. The van der Waals surface area contributed by atoms with E-state index in [0.29, 0.717) is 4.57 Å². The van der Waals surface area contributed by atoms with Gasteiger partial charge in [0, 0.05) is 0 Å². The predicted molar refractivity (Wildman–Crippen MR) is 75.6 cm³/mol. The lowest BCUT2D eigenvalue weighted by molar-refractivity contribution is -0.390. The molecule has 5 atom stereocenters. The fraction of sp³-hybridized carbons (Fsp3) is 0.545. The summed E-state index contributed by atoms with van der Waals surface area (Å²) in [6.45, 7) is -0.833. The molecule has 3 heterocycles. The molecule has 0 radical (unpaired) electrons. The van der Waals surface area contributed by atoms with E-state index >= 15 is 0 Å². The second-order valence-corrected chi connectivity index (χ2v) is 5.34. The van der Waals surface area contributed by atoms with Crippen LogP contribution in [0.1, 0.15) is 0 Å². The number of fused-ring (bicyclic) bond motifs is 1. The van der Waals surface area contributed by atoms with E-state index in [1.165, 1.54) is 0 Å². The third-order valence-electron chi connectivity index (χ3n) is 3.83. The van der Waals surface area contributed by atoms with E-state index in [0.717, 1.165) is 0 Å². The topological polar surface area (TPSA) is 220 Å². The predicted octanol–water partition coefficient (Wildman–Crippen LogP) is -4.93. The molecule has 0 aliphatic carbocycles. The number of ether oxygens (including phenoxy) is 1. The fourth-order valence-corrected chi connectivity index (χ4v) is 2.63. The van der Waals surface area contributed by atoms with Gasteiger partial charge in [0.25, 0.3) is 11.5 Å². The molecule has 0 aromatic carbocycles. The maximum Gasteiger partial charge on any atom is 0.332 e. The van der Waals surface area contributed by atoms with Gasteiger partial charge >= 0.3 is 5.69 Å². The first-order valence-electron chi connectivity index (χ1n) is 6.77. The van der Waals surface area contributed by atoms with Crippen LogP contribution in [-0.2, 0) is 10.6 Å². The zero-order valence-electron chi connectivity index (χ0n) is 11.9. The third kappa shape index (κ3) is 2.15. The van der Waals surface area contributed by atoms with Crippen LogP contribution in [0.5, 0.6) is 0 Å². The summed E-state index contributed by atoms with van der Waals surface area (Å²) in [6, 6.07) is 0. The normalized spacial score (nSPS) is 33.9. The van der Waals surface area contributed by atoms with Crippen molar-refractivity contribution in [2.45, 2.75) is 30.3 Å². The molecule has 132 valence electrons. The van der Waals surface area contributed by atoms with Crippen LogP contribution in [-0.4, -0.2) is 76.1 Å². The number of imidazole rings is 1. The van der Waals surface area contributed by atoms with Gasteiger partial charge in [-0.2, -0.15) is 4.98 Å². The number of anilines is 1. The third-order valence-corrected chi connectivity index (χ3v) is 3.83. The number of nitrogen functional groups attached to an aromatic ring is 1. The number of nitrogens with zero attached hydrogens (tertiary/aromatic N) is 2. The number of aliphatic hydroxyl groups is 5. The van der Waals surface area contributed by atoms with Gasteiger partial charge in [0.2, 0.25) is 5.95 Å². The zero-order valence-corrected chi connectivity index (χ0v) is 11.9. The van der Waals surface area contributed by atoms with Crippen molar-refractivity contribution in [2.24, 2.45) is 0 Å². The Balaban J connectivity index is 2.27. The van der Waals surface area contributed by atoms with Crippen LogP contribution in [0, 0.1) is 0 Å². The van der Waals surface area contributed by atoms with E-state index < -0.39 is 53.8 Å². The van der Waals surface area contributed by atoms with Gasteiger partial charge in [-0.15, -0.1) is 0 Å². The Hall–Kier alpha value is -2.29. The van der Waals surface area contributed by atoms with Crippen molar-refractivity contribution in [2.75, 3.05) is 12.3 Å². The van der Waals surface area contributed by atoms with Gasteiger partial charge in [-0.1, -0.05) is 0 Å². The van der Waals surface area contributed by atoms with Gasteiger partial charge < -0.3 is 36.0 Å². The Morgan fingerprint density at radius 1 is 1.25 bits per heavy atom. The van der Waals surface area contributed by atoms with Crippen LogP contribution in [0.25, 0.3) is 11.2 Å². The van der Waals surface area contributed by atoms with Crippen molar-refractivity contribution < 1.29 is 30.3 Å². The van der Waals surface area contributed by atoms with E-state index in [4.69, 9.17) is 10.5 Å². The summed E-state index contributed by atoms with van der Waals surface area (Å²) < 4.78 is 5.40. The molecule has 2 aromatic rings. The Morgan fingerprint density at radius 3 is 2.54 bits per heavy atom. The summed E-state index contributed by atoms with van der Waals surface area (Å²) in [6.07, 6.45) is -7.41. The van der Waals surface area contributed by atoms with Gasteiger partial charge in [-0.3, -0.25) is 14.8 Å². The first-order valence-corrected chi connectivity index (χ1v) is 6.77. The zero-order chi connectivity index (χ0) is 17.8. The highest BCUT2D eigenvalue weighted by Crippen LogP contribution is 2.32. The Bertz CT molecular complexity index is 887. The van der Waals surface area contributed by atoms with Crippen molar-refractivity contribution in [1.29, 1.82) is 0 Å². The molecule has 1 aliphatic rings. The molecule has 3 rings (SSSR count). The molecule has 0 saturated carbocycles. The standard InChI is InChI=1S/C11H15N5O8/c12-9-14-7-3(8(21)15-9)13-10(22)16(7)11(23)6(20)5(19)4(18)2(1-17)24-11/h2,4-6,17-20,23H,1H2,(H,13,22)(H3,12,14,15,21)/t2-,4-,5+,6-,11-/m1/s1. The van der Waals surface area contributed by atoms with Gasteiger partial charge in [0.05, 0.1) is 6.61 Å². The number of hydrogen-bond acceptors (Lipinski definition) is 10.